The van der Waals surface area contributed by atoms with E-state index in [-0.39, 0.29) is 20.0 Å². The van der Waals surface area contributed by atoms with Crippen LogP contribution in [0, 0.1) is 0 Å². The van der Waals surface area contributed by atoms with Crippen LogP contribution in [0.25, 0.3) is 0 Å². The maximum absolute atomic E-state index is 12.3. The van der Waals surface area contributed by atoms with E-state index in [2.05, 4.69) is 0 Å². The Hall–Kier alpha value is -1.67. The zero-order valence-electron chi connectivity index (χ0n) is 14.7. The summed E-state index contributed by atoms with van der Waals surface area (Å²) in [5.74, 6) is 0.215. The van der Waals surface area contributed by atoms with Gasteiger partial charge in [-0.1, -0.05) is 12.1 Å². The number of carbonyl (C=O) groups is 1. The molecule has 0 radical (unpaired) electrons. The molecule has 0 saturated carbocycles. The average Bonchev–Trinajstić information content (AvgIpc) is 2.61. The van der Waals surface area contributed by atoms with Gasteiger partial charge in [-0.25, -0.2) is 0 Å². The minimum atomic E-state index is -1.02. The molecule has 0 aliphatic carbocycles. The van der Waals surface area contributed by atoms with Gasteiger partial charge in [0.05, 0.1) is 33.5 Å². The van der Waals surface area contributed by atoms with E-state index >= 15 is 0 Å². The molecular formula is C17H26O7. The van der Waals surface area contributed by atoms with E-state index in [1.165, 1.54) is 21.3 Å². The zero-order chi connectivity index (χ0) is 17.8. The lowest BCUT2D eigenvalue weighted by Crippen LogP contribution is -2.45. The molecule has 0 spiro atoms. The van der Waals surface area contributed by atoms with Gasteiger partial charge in [0.2, 0.25) is 0 Å². The van der Waals surface area contributed by atoms with Crippen molar-refractivity contribution in [3.05, 3.63) is 29.8 Å². The van der Waals surface area contributed by atoms with Crippen molar-refractivity contribution in [1.29, 1.82) is 0 Å². The molecule has 0 fully saturated rings. The standard InChI is InChI=1S/C17H26O7/c1-19-9-10-23-13-24-15-7-5-14(6-8-15)17(11-20-2,12-21-3)16(18)22-4/h5-8H,9-13H2,1-4H3. The number of esters is 1. The van der Waals surface area contributed by atoms with E-state index in [0.717, 1.165) is 5.56 Å². The highest BCUT2D eigenvalue weighted by molar-refractivity contribution is 5.83. The smallest absolute Gasteiger partial charge is 0.321 e. The lowest BCUT2D eigenvalue weighted by atomic mass is 9.82. The summed E-state index contributed by atoms with van der Waals surface area (Å²) in [6, 6.07) is 7.11. The monoisotopic (exact) mass is 342 g/mol. The molecule has 7 heteroatoms. The van der Waals surface area contributed by atoms with Crippen molar-refractivity contribution < 1.29 is 33.2 Å². The third kappa shape index (κ3) is 5.45. The summed E-state index contributed by atoms with van der Waals surface area (Å²) in [6.07, 6.45) is 0. The van der Waals surface area contributed by atoms with Crippen molar-refractivity contribution in [2.45, 2.75) is 5.41 Å². The number of hydrogen-bond acceptors (Lipinski definition) is 7. The van der Waals surface area contributed by atoms with E-state index in [0.29, 0.717) is 19.0 Å². The number of hydrogen-bond donors (Lipinski definition) is 0. The number of methoxy groups -OCH3 is 4. The molecular weight excluding hydrogens is 316 g/mol. The summed E-state index contributed by atoms with van der Waals surface area (Å²) in [4.78, 5) is 12.3. The molecule has 0 bridgehead atoms. The Balaban J connectivity index is 2.83. The first-order chi connectivity index (χ1) is 11.6. The van der Waals surface area contributed by atoms with Gasteiger partial charge < -0.3 is 28.4 Å². The maximum Gasteiger partial charge on any atom is 0.321 e. The summed E-state index contributed by atoms with van der Waals surface area (Å²) >= 11 is 0. The molecule has 136 valence electrons. The highest BCUT2D eigenvalue weighted by Gasteiger charge is 2.42. The lowest BCUT2D eigenvalue weighted by molar-refractivity contribution is -0.152. The molecule has 0 unspecified atom stereocenters. The average molecular weight is 342 g/mol. The minimum Gasteiger partial charge on any atom is -0.468 e. The van der Waals surface area contributed by atoms with E-state index in [1.807, 2.05) is 0 Å². The van der Waals surface area contributed by atoms with Crippen LogP contribution < -0.4 is 4.74 Å². The summed E-state index contributed by atoms with van der Waals surface area (Å²) in [5.41, 5.74) is -0.295. The highest BCUT2D eigenvalue weighted by atomic mass is 16.7. The summed E-state index contributed by atoms with van der Waals surface area (Å²) < 4.78 is 31.0. The van der Waals surface area contributed by atoms with Crippen molar-refractivity contribution >= 4 is 5.97 Å². The van der Waals surface area contributed by atoms with Crippen molar-refractivity contribution in [2.24, 2.45) is 0 Å². The first kappa shape index (κ1) is 20.4. The van der Waals surface area contributed by atoms with Crippen LogP contribution in [-0.2, 0) is 33.9 Å². The Bertz CT molecular complexity index is 466. The minimum absolute atomic E-state index is 0.126. The third-order valence-electron chi connectivity index (χ3n) is 3.51. The summed E-state index contributed by atoms with van der Waals surface area (Å²) in [5, 5.41) is 0. The fourth-order valence-corrected chi connectivity index (χ4v) is 2.31. The molecule has 0 N–H and O–H groups in total. The molecule has 0 heterocycles. The number of carbonyl (C=O) groups excluding carboxylic acids is 1. The van der Waals surface area contributed by atoms with Crippen LogP contribution in [0.1, 0.15) is 5.56 Å². The van der Waals surface area contributed by atoms with E-state index in [1.54, 1.807) is 31.4 Å². The molecule has 0 atom stereocenters. The van der Waals surface area contributed by atoms with Crippen LogP contribution in [0.4, 0.5) is 0 Å². The molecule has 0 aliphatic heterocycles. The Morgan fingerprint density at radius 1 is 0.917 bits per heavy atom. The van der Waals surface area contributed by atoms with Gasteiger partial charge in [0.1, 0.15) is 11.2 Å². The Kier molecular flexibility index (Phi) is 9.33. The van der Waals surface area contributed by atoms with E-state index in [9.17, 15) is 4.79 Å². The zero-order valence-corrected chi connectivity index (χ0v) is 14.7. The first-order valence-corrected chi connectivity index (χ1v) is 7.51. The van der Waals surface area contributed by atoms with Gasteiger partial charge in [-0.15, -0.1) is 0 Å². The van der Waals surface area contributed by atoms with Crippen LogP contribution in [0.3, 0.4) is 0 Å². The van der Waals surface area contributed by atoms with E-state index in [4.69, 9.17) is 28.4 Å². The van der Waals surface area contributed by atoms with Crippen molar-refractivity contribution in [2.75, 3.05) is 61.7 Å². The van der Waals surface area contributed by atoms with Crippen molar-refractivity contribution in [3.8, 4) is 5.75 Å². The molecule has 7 nitrogen and oxygen atoms in total. The maximum atomic E-state index is 12.3. The second kappa shape index (κ2) is 11.0. The van der Waals surface area contributed by atoms with Gasteiger partial charge in [-0.05, 0) is 17.7 Å². The van der Waals surface area contributed by atoms with Gasteiger partial charge in [0.15, 0.2) is 6.79 Å². The SMILES string of the molecule is COCCOCOc1ccc(C(COC)(COC)C(=O)OC)cc1. The lowest BCUT2D eigenvalue weighted by Gasteiger charge is -2.30. The van der Waals surface area contributed by atoms with Crippen LogP contribution in [0.15, 0.2) is 24.3 Å². The largest absolute Gasteiger partial charge is 0.468 e. The molecule has 0 aromatic heterocycles. The van der Waals surface area contributed by atoms with E-state index < -0.39 is 11.4 Å². The van der Waals surface area contributed by atoms with Crippen LogP contribution in [-0.4, -0.2) is 67.6 Å². The topological polar surface area (TPSA) is 72.5 Å². The normalized spacial score (nSPS) is 11.3. The third-order valence-corrected chi connectivity index (χ3v) is 3.51. The van der Waals surface area contributed by atoms with Crippen LogP contribution >= 0.6 is 0 Å². The molecule has 0 aliphatic rings. The van der Waals surface area contributed by atoms with Gasteiger partial charge in [0, 0.05) is 21.3 Å². The highest BCUT2D eigenvalue weighted by Crippen LogP contribution is 2.28. The molecule has 1 aromatic rings. The fourth-order valence-electron chi connectivity index (χ4n) is 2.31. The van der Waals surface area contributed by atoms with Crippen molar-refractivity contribution in [1.82, 2.24) is 0 Å². The Morgan fingerprint density at radius 3 is 2.04 bits per heavy atom. The number of benzene rings is 1. The van der Waals surface area contributed by atoms with Gasteiger partial charge in [0.25, 0.3) is 0 Å². The second-order valence-electron chi connectivity index (χ2n) is 5.13. The molecule has 1 rings (SSSR count). The molecule has 24 heavy (non-hydrogen) atoms. The summed E-state index contributed by atoms with van der Waals surface area (Å²) in [6.45, 7) is 1.39. The quantitative estimate of drug-likeness (QED) is 0.323. The van der Waals surface area contributed by atoms with Gasteiger partial charge >= 0.3 is 5.97 Å². The van der Waals surface area contributed by atoms with Crippen molar-refractivity contribution in [3.63, 3.8) is 0 Å². The predicted octanol–water partition coefficient (Wildman–Crippen LogP) is 1.39. The second-order valence-corrected chi connectivity index (χ2v) is 5.13. The molecule has 0 saturated heterocycles. The number of rotatable bonds is 12. The van der Waals surface area contributed by atoms with Crippen LogP contribution in [0.5, 0.6) is 5.75 Å². The fraction of sp³-hybridized carbons (Fsp3) is 0.588. The van der Waals surface area contributed by atoms with Gasteiger partial charge in [-0.2, -0.15) is 0 Å². The molecule has 1 aromatic carbocycles. The predicted molar refractivity (Wildman–Crippen MR) is 87.2 cm³/mol. The Morgan fingerprint density at radius 2 is 1.54 bits per heavy atom. The Labute approximate surface area is 142 Å². The van der Waals surface area contributed by atoms with Crippen LogP contribution in [0.2, 0.25) is 0 Å². The molecule has 0 amide bonds. The number of ether oxygens (including phenoxy) is 6. The first-order valence-electron chi connectivity index (χ1n) is 7.51. The summed E-state index contributed by atoms with van der Waals surface area (Å²) in [7, 11) is 6.01. The van der Waals surface area contributed by atoms with Gasteiger partial charge in [-0.3, -0.25) is 4.79 Å².